The van der Waals surface area contributed by atoms with E-state index in [1.165, 1.54) is 0 Å². The quantitative estimate of drug-likeness (QED) is 0.833. The molecule has 0 bridgehead atoms. The monoisotopic (exact) mass is 304 g/mol. The van der Waals surface area contributed by atoms with E-state index in [-0.39, 0.29) is 5.91 Å². The van der Waals surface area contributed by atoms with Gasteiger partial charge in [-0.25, -0.2) is 0 Å². The number of anilines is 2. The molecule has 2 aromatic rings. The van der Waals surface area contributed by atoms with Gasteiger partial charge in [-0.05, 0) is 58.7 Å². The van der Waals surface area contributed by atoms with Crippen LogP contribution in [0.1, 0.15) is 15.9 Å². The highest BCUT2D eigenvalue weighted by atomic mass is 79.9. The Morgan fingerprint density at radius 3 is 2.61 bits per heavy atom. The SMILES string of the molecule is Cc1cc(N)cc(C(=O)Nc2ccccc2Br)c1. The molecule has 3 N–H and O–H groups in total. The van der Waals surface area contributed by atoms with E-state index in [0.717, 1.165) is 15.7 Å². The van der Waals surface area contributed by atoms with E-state index >= 15 is 0 Å². The summed E-state index contributed by atoms with van der Waals surface area (Å²) in [5.41, 5.74) is 8.58. The van der Waals surface area contributed by atoms with Crippen molar-refractivity contribution in [3.8, 4) is 0 Å². The zero-order chi connectivity index (χ0) is 13.1. The van der Waals surface area contributed by atoms with Crippen LogP contribution in [0, 0.1) is 6.92 Å². The molecule has 0 fully saturated rings. The molecule has 0 saturated carbocycles. The second-order valence-electron chi connectivity index (χ2n) is 4.07. The van der Waals surface area contributed by atoms with Crippen molar-refractivity contribution in [1.82, 2.24) is 0 Å². The van der Waals surface area contributed by atoms with E-state index in [0.29, 0.717) is 11.3 Å². The molecule has 18 heavy (non-hydrogen) atoms. The van der Waals surface area contributed by atoms with Gasteiger partial charge in [0.1, 0.15) is 0 Å². The third-order valence-electron chi connectivity index (χ3n) is 2.48. The number of nitrogens with two attached hydrogens (primary N) is 1. The largest absolute Gasteiger partial charge is 0.399 e. The maximum atomic E-state index is 12.1. The third-order valence-corrected chi connectivity index (χ3v) is 3.18. The van der Waals surface area contributed by atoms with Gasteiger partial charge < -0.3 is 11.1 Å². The smallest absolute Gasteiger partial charge is 0.255 e. The summed E-state index contributed by atoms with van der Waals surface area (Å²) in [5.74, 6) is -0.169. The number of halogens is 1. The number of nitrogens with one attached hydrogen (secondary N) is 1. The summed E-state index contributed by atoms with van der Waals surface area (Å²) in [6.45, 7) is 1.91. The van der Waals surface area contributed by atoms with Crippen LogP contribution in [-0.2, 0) is 0 Å². The third kappa shape index (κ3) is 2.90. The minimum Gasteiger partial charge on any atom is -0.399 e. The number of nitrogen functional groups attached to an aromatic ring is 1. The van der Waals surface area contributed by atoms with Crippen molar-refractivity contribution < 1.29 is 4.79 Å². The Bertz CT molecular complexity index is 576. The van der Waals surface area contributed by atoms with Gasteiger partial charge in [0.05, 0.1) is 5.69 Å². The van der Waals surface area contributed by atoms with Crippen LogP contribution in [0.15, 0.2) is 46.9 Å². The van der Waals surface area contributed by atoms with Crippen molar-refractivity contribution >= 4 is 33.2 Å². The standard InChI is InChI=1S/C14H13BrN2O/c1-9-6-10(8-11(16)7-9)14(18)17-13-5-3-2-4-12(13)15/h2-8H,16H2,1H3,(H,17,18). The van der Waals surface area contributed by atoms with Crippen LogP contribution in [0.3, 0.4) is 0 Å². The van der Waals surface area contributed by atoms with E-state index in [1.807, 2.05) is 43.3 Å². The lowest BCUT2D eigenvalue weighted by Gasteiger charge is -2.08. The zero-order valence-electron chi connectivity index (χ0n) is 9.91. The topological polar surface area (TPSA) is 55.1 Å². The lowest BCUT2D eigenvalue weighted by Crippen LogP contribution is -2.12. The van der Waals surface area contributed by atoms with Crippen molar-refractivity contribution in [2.45, 2.75) is 6.92 Å². The minimum atomic E-state index is -0.169. The Balaban J connectivity index is 2.25. The summed E-state index contributed by atoms with van der Waals surface area (Å²) in [6.07, 6.45) is 0. The number of carbonyl (C=O) groups is 1. The number of carbonyl (C=O) groups excluding carboxylic acids is 1. The Kier molecular flexibility index (Phi) is 3.67. The average molecular weight is 305 g/mol. The molecule has 0 aromatic heterocycles. The summed E-state index contributed by atoms with van der Waals surface area (Å²) >= 11 is 3.39. The molecule has 0 unspecified atom stereocenters. The fraction of sp³-hybridized carbons (Fsp3) is 0.0714. The van der Waals surface area contributed by atoms with Crippen molar-refractivity contribution in [2.75, 3.05) is 11.1 Å². The van der Waals surface area contributed by atoms with Gasteiger partial charge >= 0.3 is 0 Å². The molecule has 0 atom stereocenters. The van der Waals surface area contributed by atoms with Crippen molar-refractivity contribution in [3.05, 3.63) is 58.1 Å². The zero-order valence-corrected chi connectivity index (χ0v) is 11.5. The summed E-state index contributed by atoms with van der Waals surface area (Å²) in [5, 5.41) is 2.84. The van der Waals surface area contributed by atoms with E-state index in [4.69, 9.17) is 5.73 Å². The first-order valence-electron chi connectivity index (χ1n) is 5.49. The van der Waals surface area contributed by atoms with E-state index < -0.39 is 0 Å². The van der Waals surface area contributed by atoms with Gasteiger partial charge in [0.2, 0.25) is 0 Å². The first kappa shape index (κ1) is 12.6. The van der Waals surface area contributed by atoms with Gasteiger partial charge in [0.15, 0.2) is 0 Å². The second kappa shape index (κ2) is 5.23. The van der Waals surface area contributed by atoms with Crippen molar-refractivity contribution in [1.29, 1.82) is 0 Å². The molecule has 4 heteroatoms. The van der Waals surface area contributed by atoms with Gasteiger partial charge in [-0.2, -0.15) is 0 Å². The Labute approximate surface area is 114 Å². The number of amides is 1. The fourth-order valence-corrected chi connectivity index (χ4v) is 2.08. The number of benzene rings is 2. The minimum absolute atomic E-state index is 0.169. The molecule has 0 heterocycles. The van der Waals surface area contributed by atoms with Crippen LogP contribution >= 0.6 is 15.9 Å². The first-order chi connectivity index (χ1) is 8.56. The maximum Gasteiger partial charge on any atom is 0.255 e. The molecule has 92 valence electrons. The molecular formula is C14H13BrN2O. The number of aryl methyl sites for hydroxylation is 1. The molecular weight excluding hydrogens is 292 g/mol. The summed E-state index contributed by atoms with van der Waals surface area (Å²) in [4.78, 5) is 12.1. The predicted molar refractivity (Wildman–Crippen MR) is 77.7 cm³/mol. The molecule has 0 aliphatic rings. The predicted octanol–water partition coefficient (Wildman–Crippen LogP) is 3.59. The van der Waals surface area contributed by atoms with E-state index in [2.05, 4.69) is 21.2 Å². The average Bonchev–Trinajstić information content (AvgIpc) is 2.31. The van der Waals surface area contributed by atoms with Crippen LogP contribution < -0.4 is 11.1 Å². The Morgan fingerprint density at radius 1 is 1.22 bits per heavy atom. The van der Waals surface area contributed by atoms with Gasteiger partial charge in [-0.3, -0.25) is 4.79 Å². The van der Waals surface area contributed by atoms with Crippen molar-refractivity contribution in [2.24, 2.45) is 0 Å². The van der Waals surface area contributed by atoms with Gasteiger partial charge in [-0.1, -0.05) is 12.1 Å². The summed E-state index contributed by atoms with van der Waals surface area (Å²) in [6, 6.07) is 12.8. The molecule has 0 aliphatic carbocycles. The highest BCUT2D eigenvalue weighted by molar-refractivity contribution is 9.10. The molecule has 0 radical (unpaired) electrons. The van der Waals surface area contributed by atoms with E-state index in [1.54, 1.807) is 6.07 Å². The highest BCUT2D eigenvalue weighted by Crippen LogP contribution is 2.22. The number of hydrogen-bond acceptors (Lipinski definition) is 2. The molecule has 0 aliphatic heterocycles. The summed E-state index contributed by atoms with van der Waals surface area (Å²) < 4.78 is 0.846. The number of rotatable bonds is 2. The van der Waals surface area contributed by atoms with Gasteiger partial charge in [0.25, 0.3) is 5.91 Å². The maximum absolute atomic E-state index is 12.1. The molecule has 0 spiro atoms. The number of hydrogen-bond donors (Lipinski definition) is 2. The summed E-state index contributed by atoms with van der Waals surface area (Å²) in [7, 11) is 0. The second-order valence-corrected chi connectivity index (χ2v) is 4.92. The Morgan fingerprint density at radius 2 is 1.94 bits per heavy atom. The van der Waals surface area contributed by atoms with Gasteiger partial charge in [0, 0.05) is 15.7 Å². The van der Waals surface area contributed by atoms with Crippen LogP contribution in [0.4, 0.5) is 11.4 Å². The lowest BCUT2D eigenvalue weighted by atomic mass is 10.1. The van der Waals surface area contributed by atoms with Crippen LogP contribution in [0.25, 0.3) is 0 Å². The molecule has 2 rings (SSSR count). The van der Waals surface area contributed by atoms with Crippen molar-refractivity contribution in [3.63, 3.8) is 0 Å². The molecule has 1 amide bonds. The first-order valence-corrected chi connectivity index (χ1v) is 6.28. The normalized spacial score (nSPS) is 10.1. The van der Waals surface area contributed by atoms with Gasteiger partial charge in [-0.15, -0.1) is 0 Å². The van der Waals surface area contributed by atoms with Crippen LogP contribution in [-0.4, -0.2) is 5.91 Å². The van der Waals surface area contributed by atoms with E-state index in [9.17, 15) is 4.79 Å². The number of para-hydroxylation sites is 1. The highest BCUT2D eigenvalue weighted by Gasteiger charge is 2.08. The molecule has 2 aromatic carbocycles. The lowest BCUT2D eigenvalue weighted by molar-refractivity contribution is 0.102. The Hall–Kier alpha value is -1.81. The molecule has 0 saturated heterocycles. The van der Waals surface area contributed by atoms with Crippen LogP contribution in [0.5, 0.6) is 0 Å². The molecule has 3 nitrogen and oxygen atoms in total. The van der Waals surface area contributed by atoms with Crippen LogP contribution in [0.2, 0.25) is 0 Å². The fourth-order valence-electron chi connectivity index (χ4n) is 1.70.